The van der Waals surface area contributed by atoms with E-state index in [0.717, 1.165) is 36.1 Å². The number of nitrogens with one attached hydrogen (secondary N) is 1. The van der Waals surface area contributed by atoms with Gasteiger partial charge in [0, 0.05) is 10.8 Å². The van der Waals surface area contributed by atoms with Gasteiger partial charge in [-0.15, -0.1) is 11.8 Å². The third-order valence-corrected chi connectivity index (χ3v) is 5.18. The molecule has 0 bridgehead atoms. The first-order valence-electron chi connectivity index (χ1n) is 8.26. The number of carboxylic acid groups (broad SMARTS) is 1. The second-order valence-electron chi connectivity index (χ2n) is 6.12. The number of carbonyl (C=O) groups is 2. The van der Waals surface area contributed by atoms with E-state index in [-0.39, 0.29) is 18.2 Å². The maximum Gasteiger partial charge on any atom is 0.305 e. The van der Waals surface area contributed by atoms with Crippen LogP contribution in [0.2, 0.25) is 0 Å². The predicted molar refractivity (Wildman–Crippen MR) is 92.6 cm³/mol. The van der Waals surface area contributed by atoms with Crippen LogP contribution in [0.1, 0.15) is 56.6 Å². The number of benzene rings is 1. The Bertz CT molecular complexity index is 522. The van der Waals surface area contributed by atoms with Gasteiger partial charge >= 0.3 is 5.97 Å². The molecule has 5 heteroatoms. The van der Waals surface area contributed by atoms with Crippen molar-refractivity contribution in [2.24, 2.45) is 5.92 Å². The molecule has 0 heterocycles. The van der Waals surface area contributed by atoms with E-state index in [9.17, 15) is 9.59 Å². The van der Waals surface area contributed by atoms with Crippen LogP contribution in [0.25, 0.3) is 0 Å². The normalized spacial score (nSPS) is 17.3. The Morgan fingerprint density at radius 1 is 1.17 bits per heavy atom. The SMILES string of the molecule is CSc1ccc(C(CC(=O)O)NC(=O)C2CCCCCC2)cc1. The quantitative estimate of drug-likeness (QED) is 0.609. The lowest BCUT2D eigenvalue weighted by atomic mass is 9.97. The summed E-state index contributed by atoms with van der Waals surface area (Å²) in [5.41, 5.74) is 0.854. The molecule has 1 saturated carbocycles. The van der Waals surface area contributed by atoms with Crippen molar-refractivity contribution in [3.05, 3.63) is 29.8 Å². The highest BCUT2D eigenvalue weighted by atomic mass is 32.2. The van der Waals surface area contributed by atoms with Gasteiger partial charge < -0.3 is 10.4 Å². The number of carboxylic acids is 1. The van der Waals surface area contributed by atoms with Crippen molar-refractivity contribution in [1.82, 2.24) is 5.32 Å². The molecule has 0 radical (unpaired) electrons. The molecule has 126 valence electrons. The maximum atomic E-state index is 12.5. The van der Waals surface area contributed by atoms with Gasteiger partial charge in [-0.25, -0.2) is 0 Å². The summed E-state index contributed by atoms with van der Waals surface area (Å²) in [6.45, 7) is 0. The fourth-order valence-corrected chi connectivity index (χ4v) is 3.50. The van der Waals surface area contributed by atoms with Gasteiger partial charge in [0.25, 0.3) is 0 Å². The number of carbonyl (C=O) groups excluding carboxylic acids is 1. The highest BCUT2D eigenvalue weighted by Crippen LogP contribution is 2.26. The van der Waals surface area contributed by atoms with Crippen molar-refractivity contribution in [2.45, 2.75) is 55.9 Å². The molecule has 1 fully saturated rings. The molecule has 0 saturated heterocycles. The van der Waals surface area contributed by atoms with Crippen LogP contribution >= 0.6 is 11.8 Å². The Labute approximate surface area is 142 Å². The van der Waals surface area contributed by atoms with Crippen LogP contribution in [0, 0.1) is 5.92 Å². The van der Waals surface area contributed by atoms with Crippen LogP contribution in [-0.4, -0.2) is 23.2 Å². The van der Waals surface area contributed by atoms with Crippen molar-refractivity contribution in [1.29, 1.82) is 0 Å². The number of aliphatic carboxylic acids is 1. The predicted octanol–water partition coefficient (Wildman–Crippen LogP) is 4.01. The number of thioether (sulfide) groups is 1. The third-order valence-electron chi connectivity index (χ3n) is 4.44. The molecule has 0 aromatic heterocycles. The highest BCUT2D eigenvalue weighted by molar-refractivity contribution is 7.98. The van der Waals surface area contributed by atoms with Crippen molar-refractivity contribution in [3.8, 4) is 0 Å². The van der Waals surface area contributed by atoms with Crippen molar-refractivity contribution < 1.29 is 14.7 Å². The van der Waals surface area contributed by atoms with Gasteiger partial charge in [-0.1, -0.05) is 37.8 Å². The van der Waals surface area contributed by atoms with E-state index in [1.165, 1.54) is 12.8 Å². The average molecular weight is 335 g/mol. The van der Waals surface area contributed by atoms with E-state index in [1.807, 2.05) is 30.5 Å². The molecule has 1 aromatic carbocycles. The molecule has 0 aliphatic heterocycles. The molecule has 2 N–H and O–H groups in total. The standard InChI is InChI=1S/C18H25NO3S/c1-23-15-10-8-13(9-11-15)16(12-17(20)21)19-18(22)14-6-4-2-3-5-7-14/h8-11,14,16H,2-7,12H2,1H3,(H,19,22)(H,20,21). The zero-order valence-corrected chi connectivity index (χ0v) is 14.4. The molecule has 1 aromatic rings. The summed E-state index contributed by atoms with van der Waals surface area (Å²) in [5.74, 6) is -0.864. The van der Waals surface area contributed by atoms with Crippen molar-refractivity contribution in [3.63, 3.8) is 0 Å². The fraction of sp³-hybridized carbons (Fsp3) is 0.556. The second-order valence-corrected chi connectivity index (χ2v) is 7.00. The van der Waals surface area contributed by atoms with E-state index in [2.05, 4.69) is 5.32 Å². The maximum absolute atomic E-state index is 12.5. The van der Waals surface area contributed by atoms with Crippen LogP contribution in [0.3, 0.4) is 0 Å². The van der Waals surface area contributed by atoms with Crippen LogP contribution < -0.4 is 5.32 Å². The Balaban J connectivity index is 2.07. The fourth-order valence-electron chi connectivity index (χ4n) is 3.09. The van der Waals surface area contributed by atoms with Gasteiger partial charge in [0.1, 0.15) is 0 Å². The number of amides is 1. The van der Waals surface area contributed by atoms with Gasteiger partial charge in [0.2, 0.25) is 5.91 Å². The summed E-state index contributed by atoms with van der Waals surface area (Å²) in [4.78, 5) is 24.8. The second kappa shape index (κ2) is 8.96. The van der Waals surface area contributed by atoms with Gasteiger partial charge in [0.15, 0.2) is 0 Å². The number of rotatable bonds is 6. The molecule has 1 aliphatic rings. The number of hydrogen-bond donors (Lipinski definition) is 2. The molecule has 1 aliphatic carbocycles. The topological polar surface area (TPSA) is 66.4 Å². The van der Waals surface area contributed by atoms with E-state index < -0.39 is 12.0 Å². The molecule has 1 atom stereocenters. The van der Waals surface area contributed by atoms with Crippen LogP contribution in [0.4, 0.5) is 0 Å². The summed E-state index contributed by atoms with van der Waals surface area (Å²) in [5, 5.41) is 12.1. The number of hydrogen-bond acceptors (Lipinski definition) is 3. The lowest BCUT2D eigenvalue weighted by Gasteiger charge is -2.21. The summed E-state index contributed by atoms with van der Waals surface area (Å²) in [6, 6.07) is 7.29. The first-order chi connectivity index (χ1) is 11.1. The summed E-state index contributed by atoms with van der Waals surface area (Å²) in [7, 11) is 0. The van der Waals surface area contributed by atoms with Crippen LogP contribution in [0.15, 0.2) is 29.2 Å². The summed E-state index contributed by atoms with van der Waals surface area (Å²) in [6.07, 6.45) is 8.30. The molecule has 1 amide bonds. The lowest BCUT2D eigenvalue weighted by Crippen LogP contribution is -2.35. The van der Waals surface area contributed by atoms with Gasteiger partial charge in [-0.3, -0.25) is 9.59 Å². The molecule has 1 unspecified atom stereocenters. The summed E-state index contributed by atoms with van der Waals surface area (Å²) >= 11 is 1.64. The van der Waals surface area contributed by atoms with Crippen molar-refractivity contribution >= 4 is 23.6 Å². The average Bonchev–Trinajstić information content (AvgIpc) is 2.83. The zero-order chi connectivity index (χ0) is 16.7. The van der Waals surface area contributed by atoms with Crippen LogP contribution in [-0.2, 0) is 9.59 Å². The van der Waals surface area contributed by atoms with Gasteiger partial charge in [-0.2, -0.15) is 0 Å². The monoisotopic (exact) mass is 335 g/mol. The van der Waals surface area contributed by atoms with Crippen LogP contribution in [0.5, 0.6) is 0 Å². The first kappa shape index (κ1) is 17.9. The third kappa shape index (κ3) is 5.57. The van der Waals surface area contributed by atoms with E-state index in [4.69, 9.17) is 5.11 Å². The van der Waals surface area contributed by atoms with Crippen molar-refractivity contribution in [2.75, 3.05) is 6.26 Å². The van der Waals surface area contributed by atoms with E-state index >= 15 is 0 Å². The molecule has 23 heavy (non-hydrogen) atoms. The minimum Gasteiger partial charge on any atom is -0.481 e. The molecular formula is C18H25NO3S. The molecular weight excluding hydrogens is 310 g/mol. The lowest BCUT2D eigenvalue weighted by molar-refractivity contribution is -0.138. The van der Waals surface area contributed by atoms with Gasteiger partial charge in [0.05, 0.1) is 12.5 Å². The molecule has 2 rings (SSSR count). The van der Waals surface area contributed by atoms with E-state index in [1.54, 1.807) is 11.8 Å². The highest BCUT2D eigenvalue weighted by Gasteiger charge is 2.24. The van der Waals surface area contributed by atoms with E-state index in [0.29, 0.717) is 0 Å². The minimum absolute atomic E-state index is 0.00657. The Hall–Kier alpha value is -1.49. The first-order valence-corrected chi connectivity index (χ1v) is 9.48. The Kier molecular flexibility index (Phi) is 6.96. The largest absolute Gasteiger partial charge is 0.481 e. The molecule has 4 nitrogen and oxygen atoms in total. The zero-order valence-electron chi connectivity index (χ0n) is 13.6. The summed E-state index contributed by atoms with van der Waals surface area (Å²) < 4.78 is 0. The smallest absolute Gasteiger partial charge is 0.305 e. The molecule has 0 spiro atoms. The Morgan fingerprint density at radius 3 is 2.30 bits per heavy atom. The minimum atomic E-state index is -0.898. The Morgan fingerprint density at radius 2 is 1.78 bits per heavy atom. The van der Waals surface area contributed by atoms with Gasteiger partial charge in [-0.05, 0) is 36.8 Å².